The van der Waals surface area contributed by atoms with Crippen LogP contribution in [0.1, 0.15) is 0 Å². The lowest BCUT2D eigenvalue weighted by molar-refractivity contribution is 1.18. The number of aromatic nitrogens is 2. The van der Waals surface area contributed by atoms with Crippen molar-refractivity contribution in [3.8, 4) is 45.0 Å². The molecule has 0 aliphatic carbocycles. The minimum absolute atomic E-state index is 0.721. The molecule has 0 radical (unpaired) electrons. The van der Waals surface area contributed by atoms with Gasteiger partial charge in [-0.2, -0.15) is 0 Å². The molecule has 0 aliphatic rings. The second-order valence-electron chi connectivity index (χ2n) is 10.7. The predicted octanol–water partition coefficient (Wildman–Crippen LogP) is 10.6. The van der Waals surface area contributed by atoms with Gasteiger partial charge in [-0.05, 0) is 61.6 Å². The molecule has 7 aromatic carbocycles. The van der Waals surface area contributed by atoms with Crippen molar-refractivity contribution in [2.24, 2.45) is 0 Å². The molecule has 42 heavy (non-hydrogen) atoms. The summed E-state index contributed by atoms with van der Waals surface area (Å²) in [6, 6.07) is 55.6. The van der Waals surface area contributed by atoms with E-state index in [0.29, 0.717) is 0 Å². The maximum atomic E-state index is 5.13. The first-order valence-corrected chi connectivity index (χ1v) is 14.3. The van der Waals surface area contributed by atoms with Crippen LogP contribution in [0.3, 0.4) is 0 Å². The molecule has 0 N–H and O–H groups in total. The van der Waals surface area contributed by atoms with Crippen LogP contribution >= 0.6 is 0 Å². The van der Waals surface area contributed by atoms with Gasteiger partial charge in [0.1, 0.15) is 0 Å². The van der Waals surface area contributed by atoms with Crippen LogP contribution in [-0.4, -0.2) is 9.97 Å². The van der Waals surface area contributed by atoms with Gasteiger partial charge in [0.05, 0.1) is 11.4 Å². The SMILES string of the molecule is c1ccc(-c2ccc(-c3cc(-c4cccc5c4ccc4cc6ccccc6cc45)nc(-c4ccccc4)n3)cc2)cc1. The normalized spacial score (nSPS) is 11.3. The lowest BCUT2D eigenvalue weighted by Gasteiger charge is -2.13. The van der Waals surface area contributed by atoms with Crippen LogP contribution in [0.2, 0.25) is 0 Å². The van der Waals surface area contributed by atoms with E-state index in [4.69, 9.17) is 9.97 Å². The van der Waals surface area contributed by atoms with Crippen molar-refractivity contribution >= 4 is 32.3 Å². The Hall–Kier alpha value is -5.60. The fourth-order valence-corrected chi connectivity index (χ4v) is 5.92. The molecule has 0 aliphatic heterocycles. The summed E-state index contributed by atoms with van der Waals surface area (Å²) in [4.78, 5) is 10.2. The maximum Gasteiger partial charge on any atom is 0.160 e. The Bertz CT molecular complexity index is 2220. The van der Waals surface area contributed by atoms with Crippen LogP contribution in [0, 0.1) is 0 Å². The minimum Gasteiger partial charge on any atom is -0.228 e. The van der Waals surface area contributed by atoms with E-state index in [0.717, 1.165) is 33.9 Å². The minimum atomic E-state index is 0.721. The molecule has 0 bridgehead atoms. The molecular weight excluding hydrogens is 508 g/mol. The van der Waals surface area contributed by atoms with Crippen LogP contribution in [0.15, 0.2) is 158 Å². The summed E-state index contributed by atoms with van der Waals surface area (Å²) >= 11 is 0. The fourth-order valence-electron chi connectivity index (χ4n) is 5.92. The molecule has 1 aromatic heterocycles. The third-order valence-electron chi connectivity index (χ3n) is 8.07. The highest BCUT2D eigenvalue weighted by atomic mass is 14.9. The summed E-state index contributed by atoms with van der Waals surface area (Å²) in [5.74, 6) is 0.721. The number of hydrogen-bond acceptors (Lipinski definition) is 2. The van der Waals surface area contributed by atoms with Crippen molar-refractivity contribution in [2.75, 3.05) is 0 Å². The van der Waals surface area contributed by atoms with Gasteiger partial charge in [-0.15, -0.1) is 0 Å². The number of benzene rings is 7. The zero-order valence-electron chi connectivity index (χ0n) is 22.9. The smallest absolute Gasteiger partial charge is 0.160 e. The molecule has 0 fully saturated rings. The van der Waals surface area contributed by atoms with E-state index in [1.807, 2.05) is 24.3 Å². The highest BCUT2D eigenvalue weighted by molar-refractivity contribution is 6.15. The van der Waals surface area contributed by atoms with Gasteiger partial charge in [-0.1, -0.05) is 140 Å². The van der Waals surface area contributed by atoms with Crippen molar-refractivity contribution in [3.05, 3.63) is 158 Å². The van der Waals surface area contributed by atoms with Crippen molar-refractivity contribution in [1.82, 2.24) is 9.97 Å². The first-order chi connectivity index (χ1) is 20.8. The molecule has 0 spiro atoms. The van der Waals surface area contributed by atoms with Crippen molar-refractivity contribution in [1.29, 1.82) is 0 Å². The largest absolute Gasteiger partial charge is 0.228 e. The van der Waals surface area contributed by atoms with Gasteiger partial charge in [0.25, 0.3) is 0 Å². The molecule has 1 heterocycles. The van der Waals surface area contributed by atoms with Crippen LogP contribution in [-0.2, 0) is 0 Å². The summed E-state index contributed by atoms with van der Waals surface area (Å²) in [7, 11) is 0. The monoisotopic (exact) mass is 534 g/mol. The molecule has 8 aromatic rings. The Morgan fingerprint density at radius 2 is 0.929 bits per heavy atom. The topological polar surface area (TPSA) is 25.8 Å². The number of nitrogens with zero attached hydrogens (tertiary/aromatic N) is 2. The summed E-state index contributed by atoms with van der Waals surface area (Å²) in [5, 5.41) is 7.41. The maximum absolute atomic E-state index is 5.13. The summed E-state index contributed by atoms with van der Waals surface area (Å²) < 4.78 is 0. The second kappa shape index (κ2) is 10.1. The van der Waals surface area contributed by atoms with E-state index in [-0.39, 0.29) is 0 Å². The Morgan fingerprint density at radius 1 is 0.310 bits per heavy atom. The van der Waals surface area contributed by atoms with Crippen LogP contribution < -0.4 is 0 Å². The Balaban J connectivity index is 1.31. The van der Waals surface area contributed by atoms with Crippen molar-refractivity contribution < 1.29 is 0 Å². The zero-order valence-corrected chi connectivity index (χ0v) is 22.9. The highest BCUT2D eigenvalue weighted by Crippen LogP contribution is 2.36. The van der Waals surface area contributed by atoms with Crippen molar-refractivity contribution in [2.45, 2.75) is 0 Å². The van der Waals surface area contributed by atoms with E-state index in [2.05, 4.69) is 133 Å². The fraction of sp³-hybridized carbons (Fsp3) is 0. The van der Waals surface area contributed by atoms with E-state index in [1.54, 1.807) is 0 Å². The third kappa shape index (κ3) is 4.31. The molecular formula is C40H26N2. The number of fused-ring (bicyclic) bond motifs is 4. The van der Waals surface area contributed by atoms with Crippen LogP contribution in [0.4, 0.5) is 0 Å². The molecule has 0 amide bonds. The summed E-state index contributed by atoms with van der Waals surface area (Å²) in [6.07, 6.45) is 0. The van der Waals surface area contributed by atoms with E-state index >= 15 is 0 Å². The van der Waals surface area contributed by atoms with Gasteiger partial charge in [-0.3, -0.25) is 0 Å². The van der Waals surface area contributed by atoms with Gasteiger partial charge in [0.15, 0.2) is 5.82 Å². The molecule has 0 saturated carbocycles. The molecule has 196 valence electrons. The zero-order chi connectivity index (χ0) is 27.9. The average Bonchev–Trinajstić information content (AvgIpc) is 3.07. The molecule has 8 rings (SSSR count). The third-order valence-corrected chi connectivity index (χ3v) is 8.07. The lowest BCUT2D eigenvalue weighted by atomic mass is 9.94. The Kier molecular flexibility index (Phi) is 5.82. The first kappa shape index (κ1) is 24.2. The standard InChI is InChI=1S/C40H26N2/c1-3-10-27(11-4-1)28-18-20-29(21-19-28)38-26-39(42-40(41-38)30-12-5-2-6-13-30)36-17-9-16-34-35(36)23-22-33-24-31-14-7-8-15-32(31)25-37(33)34/h1-26H. The van der Waals surface area contributed by atoms with Gasteiger partial charge in [0, 0.05) is 16.7 Å². The first-order valence-electron chi connectivity index (χ1n) is 14.3. The predicted molar refractivity (Wildman–Crippen MR) is 176 cm³/mol. The molecule has 2 nitrogen and oxygen atoms in total. The van der Waals surface area contributed by atoms with E-state index < -0.39 is 0 Å². The van der Waals surface area contributed by atoms with Gasteiger partial charge < -0.3 is 0 Å². The Labute approximate surface area is 244 Å². The van der Waals surface area contributed by atoms with E-state index in [9.17, 15) is 0 Å². The molecule has 0 atom stereocenters. The summed E-state index contributed by atoms with van der Waals surface area (Å²) in [5.41, 5.74) is 7.37. The molecule has 2 heteroatoms. The quantitative estimate of drug-likeness (QED) is 0.166. The number of rotatable bonds is 4. The molecule has 0 saturated heterocycles. The average molecular weight is 535 g/mol. The second-order valence-corrected chi connectivity index (χ2v) is 10.7. The van der Waals surface area contributed by atoms with Crippen molar-refractivity contribution in [3.63, 3.8) is 0 Å². The summed E-state index contributed by atoms with van der Waals surface area (Å²) in [6.45, 7) is 0. The lowest BCUT2D eigenvalue weighted by Crippen LogP contribution is -1.96. The van der Waals surface area contributed by atoms with Gasteiger partial charge in [0.2, 0.25) is 0 Å². The van der Waals surface area contributed by atoms with E-state index in [1.165, 1.54) is 43.4 Å². The molecule has 0 unspecified atom stereocenters. The van der Waals surface area contributed by atoms with Crippen LogP contribution in [0.25, 0.3) is 77.3 Å². The Morgan fingerprint density at radius 3 is 1.69 bits per heavy atom. The number of hydrogen-bond donors (Lipinski definition) is 0. The van der Waals surface area contributed by atoms with Crippen LogP contribution in [0.5, 0.6) is 0 Å². The van der Waals surface area contributed by atoms with Gasteiger partial charge >= 0.3 is 0 Å². The highest BCUT2D eigenvalue weighted by Gasteiger charge is 2.14. The van der Waals surface area contributed by atoms with Gasteiger partial charge in [-0.25, -0.2) is 9.97 Å².